The van der Waals surface area contributed by atoms with Crippen molar-refractivity contribution in [2.24, 2.45) is 5.92 Å². The van der Waals surface area contributed by atoms with Crippen molar-refractivity contribution in [1.29, 1.82) is 0 Å². The minimum Gasteiger partial charge on any atom is -0.481 e. The lowest BCUT2D eigenvalue weighted by Gasteiger charge is -2.40. The van der Waals surface area contributed by atoms with Crippen LogP contribution in [0.15, 0.2) is 0 Å². The standard InChI is InChI=1S/C14H24N2O4/c17-12-6-3-4-10(12)11-5-1-2-9-16(11)14(20)15-8-7-13(18)19/h10-12,17H,1-9H2,(H,15,20)(H,18,19). The molecular weight excluding hydrogens is 260 g/mol. The number of carboxylic acid groups (broad SMARTS) is 1. The molecule has 6 nitrogen and oxygen atoms in total. The fraction of sp³-hybridized carbons (Fsp3) is 0.857. The molecule has 1 heterocycles. The largest absolute Gasteiger partial charge is 0.481 e. The molecule has 2 amide bonds. The summed E-state index contributed by atoms with van der Waals surface area (Å²) in [4.78, 5) is 24.5. The Morgan fingerprint density at radius 2 is 1.95 bits per heavy atom. The van der Waals surface area contributed by atoms with Crippen LogP contribution in [0.5, 0.6) is 0 Å². The van der Waals surface area contributed by atoms with Gasteiger partial charge in [0.2, 0.25) is 0 Å². The van der Waals surface area contributed by atoms with Gasteiger partial charge in [-0.15, -0.1) is 0 Å². The van der Waals surface area contributed by atoms with E-state index < -0.39 is 5.97 Å². The Hall–Kier alpha value is -1.30. The highest BCUT2D eigenvalue weighted by molar-refractivity contribution is 5.75. The molecule has 0 radical (unpaired) electrons. The van der Waals surface area contributed by atoms with Crippen molar-refractivity contribution in [1.82, 2.24) is 10.2 Å². The quantitative estimate of drug-likeness (QED) is 0.723. The number of aliphatic carboxylic acids is 1. The van der Waals surface area contributed by atoms with Crippen LogP contribution in [0.4, 0.5) is 4.79 Å². The highest BCUT2D eigenvalue weighted by Crippen LogP contribution is 2.35. The predicted molar refractivity (Wildman–Crippen MR) is 73.3 cm³/mol. The smallest absolute Gasteiger partial charge is 0.317 e. The minimum absolute atomic E-state index is 0.0592. The maximum absolute atomic E-state index is 12.2. The normalized spacial score (nSPS) is 30.2. The second kappa shape index (κ2) is 6.92. The summed E-state index contributed by atoms with van der Waals surface area (Å²) in [6.07, 6.45) is 5.48. The van der Waals surface area contributed by atoms with E-state index in [-0.39, 0.29) is 37.1 Å². The fourth-order valence-electron chi connectivity index (χ4n) is 3.45. The van der Waals surface area contributed by atoms with Crippen LogP contribution in [0.3, 0.4) is 0 Å². The molecule has 6 heteroatoms. The first-order chi connectivity index (χ1) is 9.59. The molecule has 0 bridgehead atoms. The van der Waals surface area contributed by atoms with E-state index in [1.807, 2.05) is 4.90 Å². The van der Waals surface area contributed by atoms with E-state index in [0.717, 1.165) is 38.5 Å². The van der Waals surface area contributed by atoms with Crippen molar-refractivity contribution in [2.75, 3.05) is 13.1 Å². The van der Waals surface area contributed by atoms with Gasteiger partial charge in [0.1, 0.15) is 0 Å². The topological polar surface area (TPSA) is 89.9 Å². The molecule has 2 aliphatic rings. The fourth-order valence-corrected chi connectivity index (χ4v) is 3.45. The molecule has 114 valence electrons. The summed E-state index contributed by atoms with van der Waals surface area (Å²) >= 11 is 0. The second-order valence-corrected chi connectivity index (χ2v) is 5.79. The van der Waals surface area contributed by atoms with Crippen molar-refractivity contribution in [3.05, 3.63) is 0 Å². The van der Waals surface area contributed by atoms with Crippen LogP contribution >= 0.6 is 0 Å². The highest BCUT2D eigenvalue weighted by Gasteiger charge is 2.38. The van der Waals surface area contributed by atoms with E-state index >= 15 is 0 Å². The van der Waals surface area contributed by atoms with E-state index in [1.165, 1.54) is 0 Å². The number of likely N-dealkylation sites (tertiary alicyclic amines) is 1. The number of urea groups is 1. The summed E-state index contributed by atoms with van der Waals surface area (Å²) in [6.45, 7) is 0.859. The van der Waals surface area contributed by atoms with E-state index in [2.05, 4.69) is 5.32 Å². The maximum Gasteiger partial charge on any atom is 0.317 e. The van der Waals surface area contributed by atoms with Crippen LogP contribution in [0.2, 0.25) is 0 Å². The van der Waals surface area contributed by atoms with Crippen molar-refractivity contribution in [3.8, 4) is 0 Å². The Morgan fingerprint density at radius 1 is 1.15 bits per heavy atom. The lowest BCUT2D eigenvalue weighted by molar-refractivity contribution is -0.136. The molecule has 1 aliphatic carbocycles. The average molecular weight is 284 g/mol. The number of piperidine rings is 1. The Bertz CT molecular complexity index is 361. The molecular formula is C14H24N2O4. The zero-order chi connectivity index (χ0) is 14.5. The number of nitrogens with one attached hydrogen (secondary N) is 1. The van der Waals surface area contributed by atoms with Gasteiger partial charge in [0.15, 0.2) is 0 Å². The SMILES string of the molecule is O=C(O)CCNC(=O)N1CCCCC1C1CCCC1O. The second-order valence-electron chi connectivity index (χ2n) is 5.79. The summed E-state index contributed by atoms with van der Waals surface area (Å²) in [6, 6.07) is -0.0823. The molecule has 20 heavy (non-hydrogen) atoms. The first-order valence-electron chi connectivity index (χ1n) is 7.54. The van der Waals surface area contributed by atoms with Gasteiger partial charge >= 0.3 is 12.0 Å². The molecule has 1 saturated carbocycles. The van der Waals surface area contributed by atoms with Gasteiger partial charge in [-0.1, -0.05) is 6.42 Å². The number of carbonyl (C=O) groups excluding carboxylic acids is 1. The Labute approximate surface area is 119 Å². The van der Waals surface area contributed by atoms with E-state index in [4.69, 9.17) is 5.11 Å². The van der Waals surface area contributed by atoms with E-state index in [0.29, 0.717) is 6.54 Å². The van der Waals surface area contributed by atoms with Crippen molar-refractivity contribution in [2.45, 2.75) is 57.1 Å². The number of aliphatic hydroxyl groups is 1. The Kier molecular flexibility index (Phi) is 5.23. The van der Waals surface area contributed by atoms with Gasteiger partial charge in [0, 0.05) is 25.0 Å². The summed E-state index contributed by atoms with van der Waals surface area (Å²) < 4.78 is 0. The average Bonchev–Trinajstić information content (AvgIpc) is 2.84. The number of amides is 2. The van der Waals surface area contributed by atoms with Crippen LogP contribution in [0.1, 0.15) is 44.9 Å². The third-order valence-corrected chi connectivity index (χ3v) is 4.45. The Balaban J connectivity index is 1.92. The minimum atomic E-state index is -0.910. The zero-order valence-corrected chi connectivity index (χ0v) is 11.8. The summed E-state index contributed by atoms with van der Waals surface area (Å²) in [5.41, 5.74) is 0. The lowest BCUT2D eigenvalue weighted by atomic mass is 9.88. The predicted octanol–water partition coefficient (Wildman–Crippen LogP) is 1.19. The van der Waals surface area contributed by atoms with Gasteiger partial charge in [-0.25, -0.2) is 4.79 Å². The van der Waals surface area contributed by atoms with Crippen LogP contribution in [0, 0.1) is 5.92 Å². The maximum atomic E-state index is 12.2. The number of carboxylic acids is 1. The van der Waals surface area contributed by atoms with Gasteiger partial charge < -0.3 is 20.4 Å². The number of rotatable bonds is 4. The molecule has 3 atom stereocenters. The molecule has 1 aliphatic heterocycles. The molecule has 0 spiro atoms. The van der Waals surface area contributed by atoms with Crippen LogP contribution in [-0.2, 0) is 4.79 Å². The number of nitrogens with zero attached hydrogens (tertiary/aromatic N) is 1. The van der Waals surface area contributed by atoms with Crippen molar-refractivity contribution < 1.29 is 19.8 Å². The van der Waals surface area contributed by atoms with Crippen molar-refractivity contribution in [3.63, 3.8) is 0 Å². The molecule has 2 fully saturated rings. The Morgan fingerprint density at radius 3 is 2.60 bits per heavy atom. The molecule has 0 aromatic carbocycles. The van der Waals surface area contributed by atoms with Gasteiger partial charge in [-0.05, 0) is 32.1 Å². The number of carbonyl (C=O) groups is 2. The molecule has 1 saturated heterocycles. The third kappa shape index (κ3) is 3.62. The van der Waals surface area contributed by atoms with Crippen LogP contribution in [-0.4, -0.2) is 52.3 Å². The van der Waals surface area contributed by atoms with Gasteiger partial charge in [-0.2, -0.15) is 0 Å². The van der Waals surface area contributed by atoms with Gasteiger partial charge in [-0.3, -0.25) is 4.79 Å². The van der Waals surface area contributed by atoms with E-state index in [9.17, 15) is 14.7 Å². The number of hydrogen-bond acceptors (Lipinski definition) is 3. The zero-order valence-electron chi connectivity index (χ0n) is 11.8. The molecule has 0 aromatic rings. The van der Waals surface area contributed by atoms with E-state index in [1.54, 1.807) is 0 Å². The third-order valence-electron chi connectivity index (χ3n) is 4.45. The molecule has 0 aromatic heterocycles. The van der Waals surface area contributed by atoms with Crippen LogP contribution < -0.4 is 5.32 Å². The molecule has 2 rings (SSSR count). The number of hydrogen-bond donors (Lipinski definition) is 3. The van der Waals surface area contributed by atoms with Crippen LogP contribution in [0.25, 0.3) is 0 Å². The van der Waals surface area contributed by atoms with Gasteiger partial charge in [0.05, 0.1) is 12.5 Å². The molecule has 3 N–H and O–H groups in total. The summed E-state index contributed by atoms with van der Waals surface area (Å²) in [5.74, 6) is -0.729. The first-order valence-corrected chi connectivity index (χ1v) is 7.54. The first kappa shape index (κ1) is 15.1. The monoisotopic (exact) mass is 284 g/mol. The summed E-state index contributed by atoms with van der Waals surface area (Å²) in [7, 11) is 0. The van der Waals surface area contributed by atoms with Gasteiger partial charge in [0.25, 0.3) is 0 Å². The highest BCUT2D eigenvalue weighted by atomic mass is 16.4. The molecule has 3 unspecified atom stereocenters. The number of aliphatic hydroxyl groups excluding tert-OH is 1. The summed E-state index contributed by atoms with van der Waals surface area (Å²) in [5, 5.41) is 21.3. The van der Waals surface area contributed by atoms with Crippen molar-refractivity contribution >= 4 is 12.0 Å². The lowest BCUT2D eigenvalue weighted by Crippen LogP contribution is -2.53.